The third-order valence-corrected chi connectivity index (χ3v) is 8.49. The number of nitrogens with two attached hydrogens (primary N) is 2. The molecule has 5 N–H and O–H groups in total. The summed E-state index contributed by atoms with van der Waals surface area (Å²) < 4.78 is 11.6. The number of aliphatic carboxylic acids is 1. The van der Waals surface area contributed by atoms with Gasteiger partial charge in [-0.1, -0.05) is 73.8 Å². The molecule has 0 bridgehead atoms. The summed E-state index contributed by atoms with van der Waals surface area (Å²) >= 11 is 6.49. The minimum atomic E-state index is -0.766. The standard InChI is InChI=1S/C31H38ClN3O4.2C4H11N/c1-21(2)17-24-11-12-25(18-27(24)32)29-33-28(34-39-29)23-9-7-22(8-10-23)19-35-15-13-31(14-16-35,30(36)37)20-38-26-5-3-4-6-26;2*1-4(2,3)5/h7-12,18,21,26H,3-6,13-17,19-20H2,1-2H3,(H,36,37);2*5H2,1-3H3. The number of likely N-dealkylation sites (tertiary alicyclic amines) is 1. The number of benzene rings is 2. The number of carbonyl (C=O) groups is 1. The van der Waals surface area contributed by atoms with Crippen molar-refractivity contribution in [2.24, 2.45) is 22.8 Å². The molecule has 0 unspecified atom stereocenters. The van der Waals surface area contributed by atoms with Crippen LogP contribution in [0.4, 0.5) is 0 Å². The zero-order chi connectivity index (χ0) is 36.4. The fourth-order valence-corrected chi connectivity index (χ4v) is 5.91. The molecule has 1 saturated heterocycles. The first kappa shape index (κ1) is 40.6. The molecule has 2 aliphatic rings. The van der Waals surface area contributed by atoms with Crippen LogP contribution in [0.3, 0.4) is 0 Å². The van der Waals surface area contributed by atoms with Crippen LogP contribution in [-0.2, 0) is 22.5 Å². The number of ether oxygens (including phenoxy) is 1. The van der Waals surface area contributed by atoms with E-state index >= 15 is 0 Å². The van der Waals surface area contributed by atoms with Gasteiger partial charge < -0.3 is 25.8 Å². The van der Waals surface area contributed by atoms with Crippen molar-refractivity contribution in [3.05, 3.63) is 58.6 Å². The first-order chi connectivity index (χ1) is 22.8. The number of hydrogen-bond acceptors (Lipinski definition) is 8. The van der Waals surface area contributed by atoms with Crippen LogP contribution in [0.25, 0.3) is 22.8 Å². The van der Waals surface area contributed by atoms with E-state index in [2.05, 4.69) is 41.0 Å². The Kier molecular flexibility index (Phi) is 14.8. The van der Waals surface area contributed by atoms with Gasteiger partial charge >= 0.3 is 5.97 Å². The molecule has 2 aromatic carbocycles. The van der Waals surface area contributed by atoms with Gasteiger partial charge in [0.05, 0.1) is 18.1 Å². The molecule has 1 aliphatic heterocycles. The van der Waals surface area contributed by atoms with Crippen LogP contribution in [0.2, 0.25) is 5.02 Å². The lowest BCUT2D eigenvalue weighted by molar-refractivity contribution is -0.159. The highest BCUT2D eigenvalue weighted by molar-refractivity contribution is 6.31. The Hall–Kier alpha value is -2.82. The molecule has 1 saturated carbocycles. The lowest BCUT2D eigenvalue weighted by Crippen LogP contribution is -2.47. The molecule has 5 rings (SSSR count). The summed E-state index contributed by atoms with van der Waals surface area (Å²) in [4.78, 5) is 19.1. The van der Waals surface area contributed by atoms with Crippen molar-refractivity contribution in [1.29, 1.82) is 0 Å². The smallest absolute Gasteiger partial charge is 0.312 e. The molecule has 10 heteroatoms. The van der Waals surface area contributed by atoms with E-state index in [-0.39, 0.29) is 17.2 Å². The summed E-state index contributed by atoms with van der Waals surface area (Å²) in [5.41, 5.74) is 13.9. The van der Waals surface area contributed by atoms with Gasteiger partial charge in [0.25, 0.3) is 5.89 Å². The maximum atomic E-state index is 12.2. The van der Waals surface area contributed by atoms with Crippen LogP contribution in [0.1, 0.15) is 105 Å². The monoisotopic (exact) mass is 697 g/mol. The average molecular weight is 698 g/mol. The van der Waals surface area contributed by atoms with Crippen molar-refractivity contribution in [2.75, 3.05) is 19.7 Å². The second-order valence-electron chi connectivity index (χ2n) is 16.3. The third kappa shape index (κ3) is 14.5. The fraction of sp³-hybridized carbons (Fsp3) is 0.615. The van der Waals surface area contributed by atoms with Crippen molar-refractivity contribution in [3.8, 4) is 22.8 Å². The first-order valence-electron chi connectivity index (χ1n) is 17.7. The number of hydrogen-bond donors (Lipinski definition) is 3. The van der Waals surface area contributed by atoms with Gasteiger partial charge in [-0.05, 0) is 116 Å². The maximum absolute atomic E-state index is 12.2. The van der Waals surface area contributed by atoms with E-state index < -0.39 is 11.4 Å². The van der Waals surface area contributed by atoms with Gasteiger partial charge in [0.15, 0.2) is 0 Å². The second-order valence-corrected chi connectivity index (χ2v) is 16.7. The van der Waals surface area contributed by atoms with Gasteiger partial charge in [-0.2, -0.15) is 4.98 Å². The van der Waals surface area contributed by atoms with Crippen LogP contribution >= 0.6 is 11.6 Å². The molecule has 2 fully saturated rings. The zero-order valence-corrected chi connectivity index (χ0v) is 31.8. The molecule has 3 aromatic rings. The van der Waals surface area contributed by atoms with Crippen LogP contribution < -0.4 is 11.5 Å². The van der Waals surface area contributed by atoms with Crippen molar-refractivity contribution in [2.45, 2.75) is 124 Å². The Labute approximate surface area is 299 Å². The second kappa shape index (κ2) is 17.9. The van der Waals surface area contributed by atoms with Crippen molar-refractivity contribution in [1.82, 2.24) is 15.0 Å². The van der Waals surface area contributed by atoms with E-state index in [0.29, 0.717) is 42.1 Å². The van der Waals surface area contributed by atoms with E-state index in [1.54, 1.807) is 0 Å². The molecule has 272 valence electrons. The van der Waals surface area contributed by atoms with Gasteiger partial charge in [-0.3, -0.25) is 9.69 Å². The average Bonchev–Trinajstić information content (AvgIpc) is 3.70. The number of aromatic nitrogens is 2. The molecule has 2 heterocycles. The highest BCUT2D eigenvalue weighted by atomic mass is 35.5. The number of piperidine rings is 1. The number of halogens is 1. The maximum Gasteiger partial charge on any atom is 0.312 e. The van der Waals surface area contributed by atoms with Crippen molar-refractivity contribution >= 4 is 17.6 Å². The van der Waals surface area contributed by atoms with Crippen molar-refractivity contribution in [3.63, 3.8) is 0 Å². The Morgan fingerprint density at radius 3 is 2.06 bits per heavy atom. The highest BCUT2D eigenvalue weighted by Gasteiger charge is 2.42. The molecule has 0 amide bonds. The normalized spacial score (nSPS) is 16.9. The van der Waals surface area contributed by atoms with Gasteiger partial charge in [0, 0.05) is 33.8 Å². The van der Waals surface area contributed by atoms with E-state index in [0.717, 1.165) is 55.6 Å². The lowest BCUT2D eigenvalue weighted by Gasteiger charge is -2.39. The summed E-state index contributed by atoms with van der Waals surface area (Å²) in [6.07, 6.45) is 6.88. The third-order valence-electron chi connectivity index (χ3n) is 8.14. The molecular formula is C39H60ClN5O4. The van der Waals surface area contributed by atoms with E-state index in [1.807, 2.05) is 71.9 Å². The van der Waals surface area contributed by atoms with E-state index in [4.69, 9.17) is 32.3 Å². The van der Waals surface area contributed by atoms with Gasteiger partial charge in [0.2, 0.25) is 5.82 Å². The minimum Gasteiger partial charge on any atom is -0.481 e. The summed E-state index contributed by atoms with van der Waals surface area (Å²) in [5.74, 6) is 0.780. The minimum absolute atomic E-state index is 0. The molecule has 1 aliphatic carbocycles. The van der Waals surface area contributed by atoms with E-state index in [1.165, 1.54) is 18.4 Å². The molecule has 9 nitrogen and oxygen atoms in total. The predicted octanol–water partition coefficient (Wildman–Crippen LogP) is 8.37. The van der Waals surface area contributed by atoms with Crippen LogP contribution in [0.5, 0.6) is 0 Å². The quantitative estimate of drug-likeness (QED) is 0.191. The number of carboxylic acid groups (broad SMARTS) is 1. The topological polar surface area (TPSA) is 141 Å². The molecule has 0 spiro atoms. The summed E-state index contributed by atoms with van der Waals surface area (Å²) in [7, 11) is 0. The molecular weight excluding hydrogens is 638 g/mol. The van der Waals surface area contributed by atoms with Gasteiger partial charge in [-0.25, -0.2) is 0 Å². The zero-order valence-electron chi connectivity index (χ0n) is 31.0. The molecule has 0 radical (unpaired) electrons. The summed E-state index contributed by atoms with van der Waals surface area (Å²) in [5, 5.41) is 14.9. The Morgan fingerprint density at radius 1 is 1.00 bits per heavy atom. The SMILES string of the molecule is CC(C)(C)N.CC(C)(C)N.CC(C)Cc1ccc(-c2nc(-c3ccc(CN4CCC(COC5CCCC5)(C(=O)O)CC4)cc3)no2)cc1Cl. The van der Waals surface area contributed by atoms with Crippen LogP contribution in [0, 0.1) is 11.3 Å². The summed E-state index contributed by atoms with van der Waals surface area (Å²) in [6, 6.07) is 14.0. The number of nitrogens with zero attached hydrogens (tertiary/aromatic N) is 3. The highest BCUT2D eigenvalue weighted by Crippen LogP contribution is 2.35. The van der Waals surface area contributed by atoms with Crippen LogP contribution in [0.15, 0.2) is 47.0 Å². The summed E-state index contributed by atoms with van der Waals surface area (Å²) in [6.45, 7) is 18.7. The fourth-order valence-electron chi connectivity index (χ4n) is 5.65. The Morgan fingerprint density at radius 2 is 1.55 bits per heavy atom. The Bertz CT molecular complexity index is 1420. The largest absolute Gasteiger partial charge is 0.481 e. The lowest BCUT2D eigenvalue weighted by atomic mass is 9.79. The number of rotatable bonds is 10. The molecule has 0 atom stereocenters. The van der Waals surface area contributed by atoms with Gasteiger partial charge in [0.1, 0.15) is 0 Å². The molecule has 49 heavy (non-hydrogen) atoms. The number of carboxylic acids is 1. The predicted molar refractivity (Wildman–Crippen MR) is 199 cm³/mol. The first-order valence-corrected chi connectivity index (χ1v) is 18.1. The van der Waals surface area contributed by atoms with Crippen LogP contribution in [-0.4, -0.2) is 63.0 Å². The van der Waals surface area contributed by atoms with E-state index in [9.17, 15) is 9.90 Å². The molecule has 1 aromatic heterocycles. The Balaban J connectivity index is 0.000000571. The van der Waals surface area contributed by atoms with Gasteiger partial charge in [-0.15, -0.1) is 0 Å². The van der Waals surface area contributed by atoms with Crippen molar-refractivity contribution < 1.29 is 19.2 Å².